The molecule has 0 saturated heterocycles. The third kappa shape index (κ3) is 1.65. The van der Waals surface area contributed by atoms with Crippen LogP contribution < -0.4 is 9.47 Å². The molecular weight excluding hydrogens is 216 g/mol. The fraction of sp³-hybridized carbons (Fsp3) is 0.0714. The molecule has 0 fully saturated rings. The molecule has 0 bridgehead atoms. The molecule has 0 aliphatic carbocycles. The Labute approximate surface area is 98.6 Å². The second-order valence-electron chi connectivity index (χ2n) is 3.78. The predicted octanol–water partition coefficient (Wildman–Crippen LogP) is 2.89. The molecule has 1 aliphatic rings. The molecular formula is C14H10O3. The average Bonchev–Trinajstić information content (AvgIpc) is 2.85. The fourth-order valence-corrected chi connectivity index (χ4v) is 1.92. The summed E-state index contributed by atoms with van der Waals surface area (Å²) in [6.45, 7) is 0.214. The van der Waals surface area contributed by atoms with Gasteiger partial charge in [-0.2, -0.15) is 0 Å². The van der Waals surface area contributed by atoms with E-state index in [0.717, 1.165) is 17.4 Å². The minimum atomic E-state index is 0.214. The summed E-state index contributed by atoms with van der Waals surface area (Å²) in [5.41, 5.74) is 2.47. The summed E-state index contributed by atoms with van der Waals surface area (Å²) < 4.78 is 10.6. The van der Waals surface area contributed by atoms with Gasteiger partial charge < -0.3 is 9.47 Å². The van der Waals surface area contributed by atoms with E-state index in [1.54, 1.807) is 6.07 Å². The Kier molecular flexibility index (Phi) is 2.29. The van der Waals surface area contributed by atoms with Crippen molar-refractivity contribution in [1.82, 2.24) is 0 Å². The monoisotopic (exact) mass is 226 g/mol. The van der Waals surface area contributed by atoms with Crippen LogP contribution in [0.4, 0.5) is 0 Å². The van der Waals surface area contributed by atoms with Crippen molar-refractivity contribution in [3.05, 3.63) is 48.0 Å². The van der Waals surface area contributed by atoms with Crippen molar-refractivity contribution in [3.63, 3.8) is 0 Å². The highest BCUT2D eigenvalue weighted by Gasteiger charge is 2.17. The molecule has 1 aliphatic heterocycles. The van der Waals surface area contributed by atoms with Crippen LogP contribution in [0.15, 0.2) is 42.5 Å². The van der Waals surface area contributed by atoms with Gasteiger partial charge in [0.25, 0.3) is 0 Å². The van der Waals surface area contributed by atoms with Gasteiger partial charge in [0.1, 0.15) is 0 Å². The smallest absolute Gasteiger partial charge is 0.231 e. The number of carbonyl (C=O) groups is 1. The van der Waals surface area contributed by atoms with Gasteiger partial charge in [0, 0.05) is 5.56 Å². The molecule has 17 heavy (non-hydrogen) atoms. The van der Waals surface area contributed by atoms with Crippen molar-refractivity contribution in [2.45, 2.75) is 0 Å². The SMILES string of the molecule is O=Cc1cc2c(cc1-c1ccccc1)OCO2. The fourth-order valence-electron chi connectivity index (χ4n) is 1.92. The molecule has 0 saturated carbocycles. The van der Waals surface area contributed by atoms with Crippen molar-refractivity contribution in [1.29, 1.82) is 0 Å². The first-order valence-electron chi connectivity index (χ1n) is 5.33. The Morgan fingerprint density at radius 1 is 1.00 bits per heavy atom. The zero-order valence-electron chi connectivity index (χ0n) is 9.05. The number of benzene rings is 2. The molecule has 2 aromatic carbocycles. The first-order valence-corrected chi connectivity index (χ1v) is 5.33. The van der Waals surface area contributed by atoms with E-state index in [2.05, 4.69) is 0 Å². The zero-order valence-corrected chi connectivity index (χ0v) is 9.05. The summed E-state index contributed by atoms with van der Waals surface area (Å²) in [7, 11) is 0. The van der Waals surface area contributed by atoms with E-state index in [9.17, 15) is 4.79 Å². The predicted molar refractivity (Wildman–Crippen MR) is 63.4 cm³/mol. The van der Waals surface area contributed by atoms with E-state index in [4.69, 9.17) is 9.47 Å². The van der Waals surface area contributed by atoms with Crippen LogP contribution in [0.2, 0.25) is 0 Å². The number of rotatable bonds is 2. The quantitative estimate of drug-likeness (QED) is 0.738. The molecule has 0 amide bonds. The lowest BCUT2D eigenvalue weighted by Crippen LogP contribution is -1.92. The normalized spacial score (nSPS) is 12.5. The lowest BCUT2D eigenvalue weighted by molar-refractivity contribution is 0.112. The van der Waals surface area contributed by atoms with Crippen LogP contribution in [0.1, 0.15) is 10.4 Å². The Hall–Kier alpha value is -2.29. The summed E-state index contributed by atoms with van der Waals surface area (Å²) in [4.78, 5) is 11.1. The number of aldehydes is 1. The molecule has 0 spiro atoms. The molecule has 3 nitrogen and oxygen atoms in total. The molecule has 3 heteroatoms. The molecule has 1 heterocycles. The lowest BCUT2D eigenvalue weighted by atomic mass is 10.00. The summed E-state index contributed by atoms with van der Waals surface area (Å²) in [6.07, 6.45) is 0.838. The number of fused-ring (bicyclic) bond motifs is 1. The van der Waals surface area contributed by atoms with E-state index in [0.29, 0.717) is 17.1 Å². The average molecular weight is 226 g/mol. The number of ether oxygens (including phenoxy) is 2. The van der Waals surface area contributed by atoms with Crippen molar-refractivity contribution >= 4 is 6.29 Å². The minimum absolute atomic E-state index is 0.214. The molecule has 2 aromatic rings. The summed E-state index contributed by atoms with van der Waals surface area (Å²) in [5.74, 6) is 1.32. The van der Waals surface area contributed by atoms with Crippen LogP contribution in [-0.2, 0) is 0 Å². The standard InChI is InChI=1S/C14H10O3/c15-8-11-6-13-14(17-9-16-13)7-12(11)10-4-2-1-3-5-10/h1-8H,9H2. The van der Waals surface area contributed by atoms with E-state index in [-0.39, 0.29) is 6.79 Å². The van der Waals surface area contributed by atoms with E-state index >= 15 is 0 Å². The van der Waals surface area contributed by atoms with Gasteiger partial charge in [0.05, 0.1) is 0 Å². The van der Waals surface area contributed by atoms with Gasteiger partial charge in [-0.3, -0.25) is 4.79 Å². The van der Waals surface area contributed by atoms with Crippen molar-refractivity contribution in [3.8, 4) is 22.6 Å². The maximum absolute atomic E-state index is 11.1. The van der Waals surface area contributed by atoms with Crippen LogP contribution in [0.25, 0.3) is 11.1 Å². The van der Waals surface area contributed by atoms with Crippen LogP contribution in [0, 0.1) is 0 Å². The molecule has 0 unspecified atom stereocenters. The highest BCUT2D eigenvalue weighted by molar-refractivity contribution is 5.89. The largest absolute Gasteiger partial charge is 0.454 e. The maximum Gasteiger partial charge on any atom is 0.231 e. The second kappa shape index (κ2) is 3.94. The summed E-state index contributed by atoms with van der Waals surface area (Å²) in [5, 5.41) is 0. The van der Waals surface area contributed by atoms with Crippen molar-refractivity contribution in [2.24, 2.45) is 0 Å². The highest BCUT2D eigenvalue weighted by Crippen LogP contribution is 2.38. The maximum atomic E-state index is 11.1. The van der Waals surface area contributed by atoms with Gasteiger partial charge >= 0.3 is 0 Å². The Morgan fingerprint density at radius 3 is 2.41 bits per heavy atom. The zero-order chi connectivity index (χ0) is 11.7. The van der Waals surface area contributed by atoms with Gasteiger partial charge in [0.2, 0.25) is 6.79 Å². The second-order valence-corrected chi connectivity index (χ2v) is 3.78. The van der Waals surface area contributed by atoms with E-state index < -0.39 is 0 Å². The topological polar surface area (TPSA) is 35.5 Å². The van der Waals surface area contributed by atoms with Crippen molar-refractivity contribution < 1.29 is 14.3 Å². The van der Waals surface area contributed by atoms with Crippen LogP contribution in [0.3, 0.4) is 0 Å². The molecule has 0 aromatic heterocycles. The third-order valence-corrected chi connectivity index (χ3v) is 2.76. The Morgan fingerprint density at radius 2 is 1.71 bits per heavy atom. The lowest BCUT2D eigenvalue weighted by Gasteiger charge is -2.06. The van der Waals surface area contributed by atoms with Crippen LogP contribution in [-0.4, -0.2) is 13.1 Å². The van der Waals surface area contributed by atoms with Crippen molar-refractivity contribution in [2.75, 3.05) is 6.79 Å². The Balaban J connectivity index is 2.19. The Bertz CT molecular complexity index is 561. The van der Waals surface area contributed by atoms with Crippen LogP contribution >= 0.6 is 0 Å². The molecule has 0 radical (unpaired) electrons. The molecule has 0 atom stereocenters. The number of hydrogen-bond acceptors (Lipinski definition) is 3. The van der Waals surface area contributed by atoms with Gasteiger partial charge in [0.15, 0.2) is 17.8 Å². The first-order chi connectivity index (χ1) is 8.38. The number of hydrogen-bond donors (Lipinski definition) is 0. The summed E-state index contributed by atoms with van der Waals surface area (Å²) in [6, 6.07) is 13.3. The van der Waals surface area contributed by atoms with Gasteiger partial charge in [-0.25, -0.2) is 0 Å². The van der Waals surface area contributed by atoms with Gasteiger partial charge in [-0.05, 0) is 23.3 Å². The minimum Gasteiger partial charge on any atom is -0.454 e. The first kappa shape index (κ1) is 9.90. The van der Waals surface area contributed by atoms with Gasteiger partial charge in [-0.1, -0.05) is 30.3 Å². The third-order valence-electron chi connectivity index (χ3n) is 2.76. The van der Waals surface area contributed by atoms with E-state index in [1.165, 1.54) is 0 Å². The number of carbonyl (C=O) groups excluding carboxylic acids is 1. The highest BCUT2D eigenvalue weighted by atomic mass is 16.7. The molecule has 84 valence electrons. The molecule has 3 rings (SSSR count). The van der Waals surface area contributed by atoms with Crippen LogP contribution in [0.5, 0.6) is 11.5 Å². The summed E-state index contributed by atoms with van der Waals surface area (Å²) >= 11 is 0. The molecule has 0 N–H and O–H groups in total. The van der Waals surface area contributed by atoms with E-state index in [1.807, 2.05) is 36.4 Å². The van der Waals surface area contributed by atoms with Gasteiger partial charge in [-0.15, -0.1) is 0 Å².